The van der Waals surface area contributed by atoms with E-state index >= 15 is 0 Å². The number of aromatic nitrogens is 3. The van der Waals surface area contributed by atoms with E-state index in [2.05, 4.69) is 20.0 Å². The summed E-state index contributed by atoms with van der Waals surface area (Å²) in [5.74, 6) is 0.899. The Morgan fingerprint density at radius 1 is 1.17 bits per heavy atom. The van der Waals surface area contributed by atoms with E-state index in [0.717, 1.165) is 57.6 Å². The molecule has 36 heavy (non-hydrogen) atoms. The molecule has 4 heterocycles. The predicted octanol–water partition coefficient (Wildman–Crippen LogP) is 4.75. The summed E-state index contributed by atoms with van der Waals surface area (Å²) in [5.41, 5.74) is 2.77. The van der Waals surface area contributed by atoms with Gasteiger partial charge in [0.1, 0.15) is 17.5 Å². The Morgan fingerprint density at radius 2 is 1.97 bits per heavy atom. The van der Waals surface area contributed by atoms with Crippen LogP contribution in [0.15, 0.2) is 41.3 Å². The van der Waals surface area contributed by atoms with E-state index in [9.17, 15) is 9.18 Å². The summed E-state index contributed by atoms with van der Waals surface area (Å²) < 4.78 is 16.2. The van der Waals surface area contributed by atoms with Gasteiger partial charge in [0, 0.05) is 36.8 Å². The van der Waals surface area contributed by atoms with Crippen LogP contribution < -0.4 is 15.8 Å². The monoisotopic (exact) mass is 484 g/mol. The standard InChI is InChI=1S/C28H29FN6O/c1-18-25(34-13-10-28(11-14-34)9-12-31-17-28)33-26(20-5-7-24(30-2)22(29)15-20)35(27(18)36)21-6-8-23(32-16-21)19-3-4-19/h5-8,15-16,19,31H,3-4,9-14,17H2,1H3. The van der Waals surface area contributed by atoms with Crippen LogP contribution >= 0.6 is 0 Å². The van der Waals surface area contributed by atoms with Crippen LogP contribution in [0.2, 0.25) is 0 Å². The van der Waals surface area contributed by atoms with Gasteiger partial charge in [0.15, 0.2) is 0 Å². The molecule has 1 spiro atoms. The van der Waals surface area contributed by atoms with Crippen LogP contribution in [0.5, 0.6) is 0 Å². The molecule has 0 radical (unpaired) electrons. The molecule has 8 heteroatoms. The zero-order valence-electron chi connectivity index (χ0n) is 20.4. The lowest BCUT2D eigenvalue weighted by atomic mass is 9.78. The number of nitrogens with zero attached hydrogens (tertiary/aromatic N) is 5. The molecule has 1 aliphatic carbocycles. The Balaban J connectivity index is 1.45. The number of rotatable bonds is 4. The molecule has 2 aromatic heterocycles. The van der Waals surface area contributed by atoms with E-state index in [1.165, 1.54) is 23.1 Å². The fourth-order valence-corrected chi connectivity index (χ4v) is 5.64. The van der Waals surface area contributed by atoms with Crippen molar-refractivity contribution in [2.75, 3.05) is 31.1 Å². The van der Waals surface area contributed by atoms with Gasteiger partial charge in [-0.1, -0.05) is 12.1 Å². The number of pyridine rings is 1. The van der Waals surface area contributed by atoms with Gasteiger partial charge in [-0.25, -0.2) is 14.2 Å². The van der Waals surface area contributed by atoms with Crippen molar-refractivity contribution in [2.24, 2.45) is 5.41 Å². The Morgan fingerprint density at radius 3 is 2.58 bits per heavy atom. The Bertz CT molecular complexity index is 1400. The van der Waals surface area contributed by atoms with E-state index in [0.29, 0.717) is 39.8 Å². The number of hydrogen-bond donors (Lipinski definition) is 1. The molecule has 2 aliphatic heterocycles. The van der Waals surface area contributed by atoms with Crippen molar-refractivity contribution in [1.82, 2.24) is 19.9 Å². The third kappa shape index (κ3) is 3.97. The van der Waals surface area contributed by atoms with Crippen LogP contribution in [0.3, 0.4) is 0 Å². The van der Waals surface area contributed by atoms with Crippen LogP contribution in [-0.4, -0.2) is 40.7 Å². The van der Waals surface area contributed by atoms with Gasteiger partial charge in [0.25, 0.3) is 5.56 Å². The molecular formula is C28H29FN6O. The maximum absolute atomic E-state index is 14.7. The van der Waals surface area contributed by atoms with E-state index in [1.54, 1.807) is 12.3 Å². The number of anilines is 1. The fourth-order valence-electron chi connectivity index (χ4n) is 5.64. The molecule has 184 valence electrons. The lowest BCUT2D eigenvalue weighted by molar-refractivity contribution is 0.247. The van der Waals surface area contributed by atoms with E-state index in [-0.39, 0.29) is 11.2 Å². The Labute approximate surface area is 209 Å². The van der Waals surface area contributed by atoms with Crippen molar-refractivity contribution in [3.63, 3.8) is 0 Å². The SMILES string of the molecule is [C-]#[N+]c1ccc(-c2nc(N3CCC4(CCNC4)CC3)c(C)c(=O)n2-c2ccc(C3CC3)nc2)cc1F. The summed E-state index contributed by atoms with van der Waals surface area (Å²) in [6.07, 6.45) is 7.30. The zero-order valence-corrected chi connectivity index (χ0v) is 20.4. The van der Waals surface area contributed by atoms with Crippen molar-refractivity contribution in [3.05, 3.63) is 75.4 Å². The molecule has 3 aromatic rings. The zero-order chi connectivity index (χ0) is 24.9. The first kappa shape index (κ1) is 22.9. The van der Waals surface area contributed by atoms with Crippen molar-refractivity contribution in [2.45, 2.75) is 44.9 Å². The smallest absolute Gasteiger partial charge is 0.263 e. The van der Waals surface area contributed by atoms with Crippen LogP contribution in [0.4, 0.5) is 15.9 Å². The molecule has 0 unspecified atom stereocenters. The molecule has 3 aliphatic rings. The number of piperidine rings is 1. The summed E-state index contributed by atoms with van der Waals surface area (Å²) in [6, 6.07) is 8.27. The quantitative estimate of drug-likeness (QED) is 0.542. The third-order valence-electron chi connectivity index (χ3n) is 8.09. The molecule has 0 amide bonds. The highest BCUT2D eigenvalue weighted by atomic mass is 19.1. The minimum absolute atomic E-state index is 0.0538. The molecule has 1 N–H and O–H groups in total. The highest BCUT2D eigenvalue weighted by Gasteiger charge is 2.38. The lowest BCUT2D eigenvalue weighted by Gasteiger charge is -2.40. The van der Waals surface area contributed by atoms with E-state index in [4.69, 9.17) is 11.6 Å². The second-order valence-electron chi connectivity index (χ2n) is 10.4. The summed E-state index contributed by atoms with van der Waals surface area (Å²) in [4.78, 5) is 28.9. The summed E-state index contributed by atoms with van der Waals surface area (Å²) in [6.45, 7) is 12.8. The average molecular weight is 485 g/mol. The maximum atomic E-state index is 14.7. The second kappa shape index (κ2) is 8.82. The molecule has 6 rings (SSSR count). The Hall–Kier alpha value is -3.57. The lowest BCUT2D eigenvalue weighted by Crippen LogP contribution is -2.43. The molecular weight excluding hydrogens is 455 g/mol. The first-order chi connectivity index (χ1) is 17.5. The molecule has 7 nitrogen and oxygen atoms in total. The average Bonchev–Trinajstić information content (AvgIpc) is 3.66. The van der Waals surface area contributed by atoms with E-state index < -0.39 is 5.82 Å². The second-order valence-corrected chi connectivity index (χ2v) is 10.4. The van der Waals surface area contributed by atoms with Gasteiger partial charge >= 0.3 is 0 Å². The topological polar surface area (TPSA) is 67.4 Å². The van der Waals surface area contributed by atoms with Gasteiger partial charge in [-0.3, -0.25) is 14.3 Å². The van der Waals surface area contributed by atoms with Gasteiger partial charge in [-0.2, -0.15) is 0 Å². The predicted molar refractivity (Wildman–Crippen MR) is 137 cm³/mol. The summed E-state index contributed by atoms with van der Waals surface area (Å²) in [5, 5.41) is 3.49. The number of hydrogen-bond acceptors (Lipinski definition) is 5. The molecule has 1 saturated carbocycles. The van der Waals surface area contributed by atoms with Gasteiger partial charge in [-0.15, -0.1) is 0 Å². The van der Waals surface area contributed by atoms with Crippen LogP contribution in [0.1, 0.15) is 49.3 Å². The van der Waals surface area contributed by atoms with Crippen molar-refractivity contribution >= 4 is 11.5 Å². The van der Waals surface area contributed by atoms with Crippen LogP contribution in [0, 0.1) is 24.7 Å². The van der Waals surface area contributed by atoms with Crippen molar-refractivity contribution in [1.29, 1.82) is 0 Å². The van der Waals surface area contributed by atoms with Crippen molar-refractivity contribution < 1.29 is 4.39 Å². The third-order valence-corrected chi connectivity index (χ3v) is 8.09. The largest absolute Gasteiger partial charge is 0.356 e. The summed E-state index contributed by atoms with van der Waals surface area (Å²) in [7, 11) is 0. The molecule has 1 aromatic carbocycles. The highest BCUT2D eigenvalue weighted by molar-refractivity contribution is 5.65. The molecule has 3 fully saturated rings. The number of benzene rings is 1. The van der Waals surface area contributed by atoms with Crippen LogP contribution in [0.25, 0.3) is 21.9 Å². The number of halogens is 1. The summed E-state index contributed by atoms with van der Waals surface area (Å²) >= 11 is 0. The number of nitrogens with one attached hydrogen (secondary N) is 1. The first-order valence-electron chi connectivity index (χ1n) is 12.7. The van der Waals surface area contributed by atoms with Crippen LogP contribution in [-0.2, 0) is 0 Å². The molecule has 0 bridgehead atoms. The molecule has 2 saturated heterocycles. The minimum Gasteiger partial charge on any atom is -0.356 e. The van der Waals surface area contributed by atoms with Crippen molar-refractivity contribution in [3.8, 4) is 17.1 Å². The molecule has 0 atom stereocenters. The van der Waals surface area contributed by atoms with Gasteiger partial charge < -0.3 is 10.2 Å². The Kier molecular flexibility index (Phi) is 5.60. The maximum Gasteiger partial charge on any atom is 0.263 e. The normalized spacial score (nSPS) is 19.0. The fraction of sp³-hybridized carbons (Fsp3) is 0.429. The highest BCUT2D eigenvalue weighted by Crippen LogP contribution is 2.40. The van der Waals surface area contributed by atoms with E-state index in [1.807, 2.05) is 19.1 Å². The van der Waals surface area contributed by atoms with Gasteiger partial charge in [0.2, 0.25) is 5.69 Å². The first-order valence-corrected chi connectivity index (χ1v) is 12.7. The van der Waals surface area contributed by atoms with Gasteiger partial charge in [-0.05, 0) is 69.2 Å². The van der Waals surface area contributed by atoms with Gasteiger partial charge in [0.05, 0.1) is 24.0 Å². The minimum atomic E-state index is -0.624.